The quantitative estimate of drug-likeness (QED) is 0.256. The summed E-state index contributed by atoms with van der Waals surface area (Å²) in [6.45, 7) is 5.03. The molecule has 5 rings (SSSR count). The third-order valence-corrected chi connectivity index (χ3v) is 7.42. The van der Waals surface area contributed by atoms with Crippen LogP contribution in [0.25, 0.3) is 16.7 Å². The lowest BCUT2D eigenvalue weighted by Gasteiger charge is -2.24. The molecule has 5 aromatic rings. The number of imidazole rings is 1. The van der Waals surface area contributed by atoms with Crippen LogP contribution in [0, 0.1) is 13.8 Å². The second kappa shape index (κ2) is 11.4. The molecule has 2 heterocycles. The van der Waals surface area contributed by atoms with E-state index >= 15 is 0 Å². The highest BCUT2D eigenvalue weighted by Gasteiger charge is 2.20. The first-order valence-electron chi connectivity index (χ1n) is 12.9. The Morgan fingerprint density at radius 3 is 2.35 bits per heavy atom. The summed E-state index contributed by atoms with van der Waals surface area (Å²) in [5.41, 5.74) is 7.44. The second-order valence-corrected chi connectivity index (χ2v) is 11.0. The number of carbonyl (C=O) groups excluding carboxylic acids is 2. The lowest BCUT2D eigenvalue weighted by molar-refractivity contribution is -0.129. The molecule has 0 aliphatic carbocycles. The molecule has 0 radical (unpaired) electrons. The number of amides is 2. The molecule has 0 saturated heterocycles. The Balaban J connectivity index is 1.32. The molecule has 0 fully saturated rings. The van der Waals surface area contributed by atoms with Gasteiger partial charge in [0.05, 0.1) is 35.8 Å². The van der Waals surface area contributed by atoms with Gasteiger partial charge in [-0.3, -0.25) is 9.59 Å². The summed E-state index contributed by atoms with van der Waals surface area (Å²) in [5, 5.41) is 8.64. The number of rotatable bonds is 8. The van der Waals surface area contributed by atoms with Gasteiger partial charge >= 0.3 is 0 Å². The second-order valence-electron chi connectivity index (χ2n) is 10.1. The molecular formula is C30H30BrN7O2. The molecule has 0 aliphatic rings. The van der Waals surface area contributed by atoms with E-state index in [0.717, 1.165) is 32.5 Å². The number of fused-ring (bicyclic) bond motifs is 1. The first kappa shape index (κ1) is 27.3. The molecule has 0 unspecified atom stereocenters. The summed E-state index contributed by atoms with van der Waals surface area (Å²) in [4.78, 5) is 33.5. The molecule has 0 spiro atoms. The van der Waals surface area contributed by atoms with Crippen LogP contribution in [-0.4, -0.2) is 66.8 Å². The first-order chi connectivity index (χ1) is 19.2. The monoisotopic (exact) mass is 599 g/mol. The molecule has 40 heavy (non-hydrogen) atoms. The summed E-state index contributed by atoms with van der Waals surface area (Å²) < 4.78 is 4.70. The predicted octanol–water partition coefficient (Wildman–Crippen LogP) is 4.78. The van der Waals surface area contributed by atoms with Gasteiger partial charge in [-0.25, -0.2) is 9.67 Å². The van der Waals surface area contributed by atoms with Gasteiger partial charge in [-0.15, -0.1) is 5.10 Å². The van der Waals surface area contributed by atoms with E-state index in [-0.39, 0.29) is 18.4 Å². The van der Waals surface area contributed by atoms with Crippen molar-refractivity contribution in [1.29, 1.82) is 0 Å². The molecule has 2 amide bonds. The van der Waals surface area contributed by atoms with Crippen LogP contribution in [-0.2, 0) is 17.9 Å². The van der Waals surface area contributed by atoms with Crippen molar-refractivity contribution in [2.45, 2.75) is 26.9 Å². The van der Waals surface area contributed by atoms with Gasteiger partial charge in [-0.2, -0.15) is 0 Å². The van der Waals surface area contributed by atoms with Gasteiger partial charge in [0.1, 0.15) is 12.2 Å². The summed E-state index contributed by atoms with van der Waals surface area (Å²) >= 11 is 3.44. The number of nitrogens with zero attached hydrogens (tertiary/aromatic N) is 7. The number of halogens is 1. The van der Waals surface area contributed by atoms with E-state index in [0.29, 0.717) is 18.7 Å². The van der Waals surface area contributed by atoms with Gasteiger partial charge < -0.3 is 14.4 Å². The predicted molar refractivity (Wildman–Crippen MR) is 157 cm³/mol. The maximum absolute atomic E-state index is 13.5. The molecule has 3 aromatic carbocycles. The van der Waals surface area contributed by atoms with Crippen LogP contribution in [0.5, 0.6) is 0 Å². The first-order valence-corrected chi connectivity index (χ1v) is 13.6. The number of carbonyl (C=O) groups is 2. The largest absolute Gasteiger partial charge is 0.347 e. The molecule has 204 valence electrons. The van der Waals surface area contributed by atoms with Crippen LogP contribution in [0.2, 0.25) is 0 Å². The zero-order valence-electron chi connectivity index (χ0n) is 22.9. The zero-order valence-corrected chi connectivity index (χ0v) is 24.5. The minimum atomic E-state index is -0.221. The van der Waals surface area contributed by atoms with E-state index in [1.54, 1.807) is 35.8 Å². The Labute approximate surface area is 241 Å². The van der Waals surface area contributed by atoms with Gasteiger partial charge in [0.25, 0.3) is 5.91 Å². The number of aryl methyl sites for hydroxylation is 2. The lowest BCUT2D eigenvalue weighted by Crippen LogP contribution is -2.39. The third kappa shape index (κ3) is 5.96. The summed E-state index contributed by atoms with van der Waals surface area (Å²) in [6, 6.07) is 19.1. The average Bonchev–Trinajstić information content (AvgIpc) is 3.56. The van der Waals surface area contributed by atoms with Gasteiger partial charge in [0.2, 0.25) is 5.91 Å². The van der Waals surface area contributed by atoms with Gasteiger partial charge in [-0.05, 0) is 79.1 Å². The van der Waals surface area contributed by atoms with Crippen LogP contribution in [0.4, 0.5) is 0 Å². The van der Waals surface area contributed by atoms with E-state index in [1.165, 1.54) is 16.0 Å². The van der Waals surface area contributed by atoms with Crippen molar-refractivity contribution in [3.05, 3.63) is 106 Å². The smallest absolute Gasteiger partial charge is 0.254 e. The van der Waals surface area contributed by atoms with Crippen molar-refractivity contribution < 1.29 is 9.59 Å². The molecule has 0 saturated carbocycles. The molecule has 0 N–H and O–H groups in total. The minimum Gasteiger partial charge on any atom is -0.347 e. The zero-order chi connectivity index (χ0) is 28.4. The van der Waals surface area contributed by atoms with Gasteiger partial charge in [0, 0.05) is 30.7 Å². The van der Waals surface area contributed by atoms with Gasteiger partial charge in [-0.1, -0.05) is 33.3 Å². The van der Waals surface area contributed by atoms with E-state index in [1.807, 2.05) is 48.9 Å². The fourth-order valence-electron chi connectivity index (χ4n) is 4.36. The number of hydrogen-bond acceptors (Lipinski definition) is 5. The van der Waals surface area contributed by atoms with E-state index in [4.69, 9.17) is 0 Å². The Kier molecular flexibility index (Phi) is 7.79. The van der Waals surface area contributed by atoms with E-state index in [2.05, 4.69) is 61.8 Å². The maximum Gasteiger partial charge on any atom is 0.254 e. The summed E-state index contributed by atoms with van der Waals surface area (Å²) in [6.07, 6.45) is 3.70. The molecule has 2 aromatic heterocycles. The average molecular weight is 601 g/mol. The highest BCUT2D eigenvalue weighted by atomic mass is 79.9. The number of likely N-dealkylation sites (N-methyl/N-ethyl adjacent to an activating group) is 1. The third-order valence-electron chi connectivity index (χ3n) is 6.89. The molecule has 10 heteroatoms. The van der Waals surface area contributed by atoms with Crippen LogP contribution in [0.3, 0.4) is 0 Å². The fourth-order valence-corrected chi connectivity index (χ4v) is 4.63. The molecule has 0 bridgehead atoms. The van der Waals surface area contributed by atoms with E-state index in [9.17, 15) is 9.59 Å². The summed E-state index contributed by atoms with van der Waals surface area (Å²) in [7, 11) is 3.37. The highest BCUT2D eigenvalue weighted by molar-refractivity contribution is 9.10. The molecule has 9 nitrogen and oxygen atoms in total. The fraction of sp³-hybridized carbons (Fsp3) is 0.233. The van der Waals surface area contributed by atoms with Crippen molar-refractivity contribution >= 4 is 38.8 Å². The standard InChI is InChI=1S/C30H30BrN7O2/c1-20-13-27-28(14-21(20)2)37(19-32-27)16-25-17-38(34-33-25)26-11-7-23(8-12-26)30(40)36(18-29(39)35(3)4)15-22-5-9-24(31)10-6-22/h5-14,17,19H,15-16,18H2,1-4H3. The van der Waals surface area contributed by atoms with Crippen molar-refractivity contribution in [2.24, 2.45) is 0 Å². The van der Waals surface area contributed by atoms with Crippen LogP contribution >= 0.6 is 15.9 Å². The minimum absolute atomic E-state index is 0.0158. The highest BCUT2D eigenvalue weighted by Crippen LogP contribution is 2.20. The van der Waals surface area contributed by atoms with Crippen molar-refractivity contribution in [3.63, 3.8) is 0 Å². The lowest BCUT2D eigenvalue weighted by atomic mass is 10.1. The van der Waals surface area contributed by atoms with Crippen molar-refractivity contribution in [2.75, 3.05) is 20.6 Å². The topological polar surface area (TPSA) is 89.2 Å². The Morgan fingerprint density at radius 1 is 0.950 bits per heavy atom. The number of hydrogen-bond donors (Lipinski definition) is 0. The Morgan fingerprint density at radius 2 is 1.65 bits per heavy atom. The molecule has 0 aliphatic heterocycles. The van der Waals surface area contributed by atoms with Crippen LogP contribution in [0.15, 0.2) is 77.7 Å². The maximum atomic E-state index is 13.5. The Bertz CT molecular complexity index is 1670. The molecule has 0 atom stereocenters. The molecular weight excluding hydrogens is 570 g/mol. The number of aromatic nitrogens is 5. The van der Waals surface area contributed by atoms with Gasteiger partial charge in [0.15, 0.2) is 0 Å². The van der Waals surface area contributed by atoms with Crippen LogP contribution < -0.4 is 0 Å². The normalized spacial score (nSPS) is 11.1. The van der Waals surface area contributed by atoms with Crippen LogP contribution in [0.1, 0.15) is 32.7 Å². The van der Waals surface area contributed by atoms with E-state index < -0.39 is 0 Å². The summed E-state index contributed by atoms with van der Waals surface area (Å²) in [5.74, 6) is -0.366. The number of benzene rings is 3. The van der Waals surface area contributed by atoms with Crippen molar-refractivity contribution in [3.8, 4) is 5.69 Å². The SMILES string of the molecule is Cc1cc2ncn(Cc3cn(-c4ccc(C(=O)N(CC(=O)N(C)C)Cc5ccc(Br)cc5)cc4)nn3)c2cc1C. The Hall–Kier alpha value is -4.31. The van der Waals surface area contributed by atoms with Crippen molar-refractivity contribution in [1.82, 2.24) is 34.3 Å².